The van der Waals surface area contributed by atoms with Crippen LogP contribution in [0.25, 0.3) is 0 Å². The number of benzene rings is 2. The molecule has 0 bridgehead atoms. The zero-order valence-electron chi connectivity index (χ0n) is 14.0. The minimum atomic E-state index is -4.42. The van der Waals surface area contributed by atoms with E-state index in [-0.39, 0.29) is 5.69 Å². The van der Waals surface area contributed by atoms with Crippen molar-refractivity contribution in [1.29, 1.82) is 0 Å². The van der Waals surface area contributed by atoms with E-state index in [4.69, 9.17) is 0 Å². The SMILES string of the molecule is O=C(Nc1ccc(C(F)(F)F)cc1)NC(Cn1nccn1)c1ccccc1. The summed E-state index contributed by atoms with van der Waals surface area (Å²) < 4.78 is 37.8. The van der Waals surface area contributed by atoms with Crippen molar-refractivity contribution < 1.29 is 18.0 Å². The standard InChI is InChI=1S/C18H16F3N5O/c19-18(20,21)14-6-8-15(9-7-14)24-17(27)25-16(12-26-22-10-11-23-26)13-4-2-1-3-5-13/h1-11,16H,12H2,(H2,24,25,27). The van der Waals surface area contributed by atoms with E-state index in [1.54, 1.807) is 0 Å². The Hall–Kier alpha value is -3.36. The third kappa shape index (κ3) is 5.06. The summed E-state index contributed by atoms with van der Waals surface area (Å²) in [6, 6.07) is 12.5. The fourth-order valence-electron chi connectivity index (χ4n) is 2.49. The second kappa shape index (κ2) is 7.90. The molecule has 0 aliphatic rings. The van der Waals surface area contributed by atoms with E-state index < -0.39 is 23.8 Å². The van der Waals surface area contributed by atoms with E-state index >= 15 is 0 Å². The third-order valence-electron chi connectivity index (χ3n) is 3.79. The predicted octanol–water partition coefficient (Wildman–Crippen LogP) is 3.86. The van der Waals surface area contributed by atoms with Crippen LogP contribution < -0.4 is 10.6 Å². The van der Waals surface area contributed by atoms with E-state index in [0.29, 0.717) is 6.54 Å². The lowest BCUT2D eigenvalue weighted by Crippen LogP contribution is -2.35. The van der Waals surface area contributed by atoms with Crippen LogP contribution in [0.5, 0.6) is 0 Å². The van der Waals surface area contributed by atoms with Crippen LogP contribution in [0, 0.1) is 0 Å². The molecular weight excluding hydrogens is 359 g/mol. The summed E-state index contributed by atoms with van der Waals surface area (Å²) >= 11 is 0. The molecule has 1 unspecified atom stereocenters. The summed E-state index contributed by atoms with van der Waals surface area (Å²) in [5.74, 6) is 0. The van der Waals surface area contributed by atoms with Crippen LogP contribution in [-0.4, -0.2) is 21.0 Å². The van der Waals surface area contributed by atoms with Crippen molar-refractivity contribution in [1.82, 2.24) is 20.3 Å². The van der Waals surface area contributed by atoms with Gasteiger partial charge in [-0.25, -0.2) is 4.79 Å². The first-order chi connectivity index (χ1) is 12.9. The molecule has 2 aromatic carbocycles. The van der Waals surface area contributed by atoms with Crippen molar-refractivity contribution in [3.05, 3.63) is 78.1 Å². The minimum Gasteiger partial charge on any atom is -0.329 e. The van der Waals surface area contributed by atoms with Crippen LogP contribution in [0.3, 0.4) is 0 Å². The highest BCUT2D eigenvalue weighted by Gasteiger charge is 2.30. The van der Waals surface area contributed by atoms with Gasteiger partial charge in [0.25, 0.3) is 0 Å². The van der Waals surface area contributed by atoms with Gasteiger partial charge in [-0.3, -0.25) is 0 Å². The monoisotopic (exact) mass is 375 g/mol. The molecule has 2 N–H and O–H groups in total. The van der Waals surface area contributed by atoms with Gasteiger partial charge in [0.2, 0.25) is 0 Å². The smallest absolute Gasteiger partial charge is 0.329 e. The average molecular weight is 375 g/mol. The number of hydrogen-bond acceptors (Lipinski definition) is 3. The fourth-order valence-corrected chi connectivity index (χ4v) is 2.49. The molecule has 1 atom stereocenters. The van der Waals surface area contributed by atoms with Gasteiger partial charge in [0, 0.05) is 5.69 Å². The summed E-state index contributed by atoms with van der Waals surface area (Å²) in [4.78, 5) is 13.8. The summed E-state index contributed by atoms with van der Waals surface area (Å²) in [6.07, 6.45) is -1.36. The molecule has 140 valence electrons. The molecule has 9 heteroatoms. The van der Waals surface area contributed by atoms with Gasteiger partial charge in [-0.15, -0.1) is 0 Å². The molecule has 0 saturated carbocycles. The van der Waals surface area contributed by atoms with Gasteiger partial charge in [0.05, 0.1) is 30.5 Å². The van der Waals surface area contributed by atoms with Gasteiger partial charge in [-0.1, -0.05) is 30.3 Å². The number of halogens is 3. The summed E-state index contributed by atoms with van der Waals surface area (Å²) in [7, 11) is 0. The first-order valence-electron chi connectivity index (χ1n) is 8.05. The van der Waals surface area contributed by atoms with Crippen LogP contribution in [0.1, 0.15) is 17.2 Å². The lowest BCUT2D eigenvalue weighted by molar-refractivity contribution is -0.137. The largest absolute Gasteiger partial charge is 0.416 e. The molecule has 1 heterocycles. The van der Waals surface area contributed by atoms with E-state index in [1.165, 1.54) is 29.3 Å². The number of hydrogen-bond donors (Lipinski definition) is 2. The van der Waals surface area contributed by atoms with Gasteiger partial charge in [-0.05, 0) is 29.8 Å². The van der Waals surface area contributed by atoms with Crippen molar-refractivity contribution in [2.75, 3.05) is 5.32 Å². The third-order valence-corrected chi connectivity index (χ3v) is 3.79. The Balaban J connectivity index is 1.69. The summed E-state index contributed by atoms with van der Waals surface area (Å²) in [5, 5.41) is 13.4. The molecular formula is C18H16F3N5O. The Labute approximate surface area is 153 Å². The highest BCUT2D eigenvalue weighted by Crippen LogP contribution is 2.29. The van der Waals surface area contributed by atoms with Gasteiger partial charge in [-0.2, -0.15) is 28.2 Å². The predicted molar refractivity (Wildman–Crippen MR) is 92.8 cm³/mol. The Kier molecular flexibility index (Phi) is 5.39. The number of amides is 2. The maximum Gasteiger partial charge on any atom is 0.416 e. The van der Waals surface area contributed by atoms with Gasteiger partial charge >= 0.3 is 12.2 Å². The maximum atomic E-state index is 12.6. The summed E-state index contributed by atoms with van der Waals surface area (Å²) in [6.45, 7) is 0.303. The molecule has 0 spiro atoms. The lowest BCUT2D eigenvalue weighted by atomic mass is 10.1. The zero-order chi connectivity index (χ0) is 19.3. The van der Waals surface area contributed by atoms with Gasteiger partial charge in [0.1, 0.15) is 0 Å². The quantitative estimate of drug-likeness (QED) is 0.711. The zero-order valence-corrected chi connectivity index (χ0v) is 14.0. The van der Waals surface area contributed by atoms with E-state index in [1.807, 2.05) is 30.3 Å². The Morgan fingerprint density at radius 2 is 1.63 bits per heavy atom. The van der Waals surface area contributed by atoms with Crippen molar-refractivity contribution in [2.45, 2.75) is 18.8 Å². The van der Waals surface area contributed by atoms with Crippen molar-refractivity contribution in [2.24, 2.45) is 0 Å². The first-order valence-corrected chi connectivity index (χ1v) is 8.05. The molecule has 6 nitrogen and oxygen atoms in total. The molecule has 2 amide bonds. The van der Waals surface area contributed by atoms with Crippen LogP contribution in [0.4, 0.5) is 23.7 Å². The number of carbonyl (C=O) groups excluding carboxylic acids is 1. The van der Waals surface area contributed by atoms with Crippen molar-refractivity contribution >= 4 is 11.7 Å². The van der Waals surface area contributed by atoms with Crippen LogP contribution >= 0.6 is 0 Å². The van der Waals surface area contributed by atoms with E-state index in [2.05, 4.69) is 20.8 Å². The second-order valence-electron chi connectivity index (χ2n) is 5.72. The topological polar surface area (TPSA) is 71.8 Å². The molecule has 0 radical (unpaired) electrons. The molecule has 3 rings (SSSR count). The normalized spacial score (nSPS) is 12.4. The number of aromatic nitrogens is 3. The van der Waals surface area contributed by atoms with Crippen LogP contribution in [-0.2, 0) is 12.7 Å². The van der Waals surface area contributed by atoms with Crippen molar-refractivity contribution in [3.8, 4) is 0 Å². The van der Waals surface area contributed by atoms with Crippen molar-refractivity contribution in [3.63, 3.8) is 0 Å². The number of nitrogens with zero attached hydrogens (tertiary/aromatic N) is 3. The summed E-state index contributed by atoms with van der Waals surface area (Å²) in [5.41, 5.74) is 0.322. The van der Waals surface area contributed by atoms with E-state index in [9.17, 15) is 18.0 Å². The highest BCUT2D eigenvalue weighted by molar-refractivity contribution is 5.89. The number of alkyl halides is 3. The molecule has 1 aromatic heterocycles. The van der Waals surface area contributed by atoms with Gasteiger partial charge in [0.15, 0.2) is 0 Å². The number of urea groups is 1. The molecule has 0 fully saturated rings. The molecule has 27 heavy (non-hydrogen) atoms. The molecule has 3 aromatic rings. The second-order valence-corrected chi connectivity index (χ2v) is 5.72. The van der Waals surface area contributed by atoms with Crippen LogP contribution in [0.2, 0.25) is 0 Å². The molecule has 0 aliphatic carbocycles. The number of carbonyl (C=O) groups is 1. The highest BCUT2D eigenvalue weighted by atomic mass is 19.4. The maximum absolute atomic E-state index is 12.6. The Morgan fingerprint density at radius 1 is 1.00 bits per heavy atom. The fraction of sp³-hybridized carbons (Fsp3) is 0.167. The number of rotatable bonds is 5. The molecule has 0 saturated heterocycles. The Bertz CT molecular complexity index is 864. The number of anilines is 1. The molecule has 0 aliphatic heterocycles. The van der Waals surface area contributed by atoms with Gasteiger partial charge < -0.3 is 10.6 Å². The van der Waals surface area contributed by atoms with E-state index in [0.717, 1.165) is 17.7 Å². The minimum absolute atomic E-state index is 0.254. The number of nitrogens with one attached hydrogen (secondary N) is 2. The first kappa shape index (κ1) is 18.4. The average Bonchev–Trinajstić information content (AvgIpc) is 3.15. The lowest BCUT2D eigenvalue weighted by Gasteiger charge is -2.19. The Morgan fingerprint density at radius 3 is 2.22 bits per heavy atom. The van der Waals surface area contributed by atoms with Crippen LogP contribution in [0.15, 0.2) is 67.0 Å².